The Bertz CT molecular complexity index is 993. The second-order valence-corrected chi connectivity index (χ2v) is 7.89. The van der Waals surface area contributed by atoms with Crippen LogP contribution in [0.5, 0.6) is 0 Å². The van der Waals surface area contributed by atoms with Crippen molar-refractivity contribution in [3.63, 3.8) is 0 Å². The van der Waals surface area contributed by atoms with Gasteiger partial charge < -0.3 is 4.90 Å². The first-order valence-corrected chi connectivity index (χ1v) is 9.50. The Labute approximate surface area is 156 Å². The molecule has 2 heterocycles. The monoisotopic (exact) mass is 392 g/mol. The number of amides is 3. The van der Waals surface area contributed by atoms with E-state index < -0.39 is 28.2 Å². The molecule has 1 fully saturated rings. The van der Waals surface area contributed by atoms with Crippen molar-refractivity contribution in [3.05, 3.63) is 29.3 Å². The number of imide groups is 1. The third kappa shape index (κ3) is 3.56. The van der Waals surface area contributed by atoms with Crippen LogP contribution in [-0.2, 0) is 26.4 Å². The first-order chi connectivity index (χ1) is 12.7. The van der Waals surface area contributed by atoms with E-state index in [2.05, 4.69) is 15.6 Å². The van der Waals surface area contributed by atoms with Gasteiger partial charge in [-0.2, -0.15) is 12.9 Å². The van der Waals surface area contributed by atoms with Gasteiger partial charge in [-0.3, -0.25) is 19.7 Å². The Hall–Kier alpha value is -2.77. The molecule has 1 aromatic rings. The van der Waals surface area contributed by atoms with E-state index >= 15 is 0 Å². The SMILES string of the molecule is C#CCN(C)S(=O)(F)=Nc1cccc2c1CN(C1CCC(=O)NC1=O)C2=O. The highest BCUT2D eigenvalue weighted by molar-refractivity contribution is 7.86. The van der Waals surface area contributed by atoms with Crippen LogP contribution in [0.15, 0.2) is 22.6 Å². The Balaban J connectivity index is 1.95. The first kappa shape index (κ1) is 19.0. The Morgan fingerprint density at radius 3 is 2.85 bits per heavy atom. The van der Waals surface area contributed by atoms with Gasteiger partial charge in [-0.1, -0.05) is 12.0 Å². The molecule has 27 heavy (non-hydrogen) atoms. The molecular weight excluding hydrogens is 375 g/mol. The van der Waals surface area contributed by atoms with E-state index in [1.807, 2.05) is 0 Å². The fourth-order valence-electron chi connectivity index (χ4n) is 3.05. The second kappa shape index (κ2) is 7.09. The van der Waals surface area contributed by atoms with Crippen molar-refractivity contribution in [1.29, 1.82) is 0 Å². The van der Waals surface area contributed by atoms with Gasteiger partial charge in [-0.25, -0.2) is 0 Å². The average Bonchev–Trinajstić information content (AvgIpc) is 2.93. The fourth-order valence-corrected chi connectivity index (χ4v) is 3.84. The zero-order valence-corrected chi connectivity index (χ0v) is 15.3. The molecule has 3 rings (SSSR count). The number of piperidine rings is 1. The molecule has 0 aromatic heterocycles. The van der Waals surface area contributed by atoms with Gasteiger partial charge >= 0.3 is 0 Å². The number of fused-ring (bicyclic) bond motifs is 1. The van der Waals surface area contributed by atoms with Gasteiger partial charge in [-0.05, 0) is 18.6 Å². The zero-order valence-electron chi connectivity index (χ0n) is 14.5. The number of nitrogens with one attached hydrogen (secondary N) is 1. The minimum Gasteiger partial charge on any atom is -0.322 e. The van der Waals surface area contributed by atoms with Crippen molar-refractivity contribution in [1.82, 2.24) is 14.5 Å². The van der Waals surface area contributed by atoms with Crippen LogP contribution in [0.2, 0.25) is 0 Å². The summed E-state index contributed by atoms with van der Waals surface area (Å²) in [5, 5.41) is 2.21. The second-order valence-electron chi connectivity index (χ2n) is 6.22. The maximum atomic E-state index is 14.5. The van der Waals surface area contributed by atoms with E-state index in [1.165, 1.54) is 30.1 Å². The Kier molecular flexibility index (Phi) is 4.99. The number of benzene rings is 1. The molecule has 3 amide bonds. The predicted octanol–water partition coefficient (Wildman–Crippen LogP) is 0.912. The smallest absolute Gasteiger partial charge is 0.276 e. The summed E-state index contributed by atoms with van der Waals surface area (Å²) >= 11 is 0. The number of rotatable bonds is 4. The Morgan fingerprint density at radius 2 is 2.19 bits per heavy atom. The molecule has 0 aliphatic carbocycles. The first-order valence-electron chi connectivity index (χ1n) is 8.12. The largest absolute Gasteiger partial charge is 0.322 e. The lowest BCUT2D eigenvalue weighted by Gasteiger charge is -2.29. The van der Waals surface area contributed by atoms with Gasteiger partial charge in [-0.15, -0.1) is 10.3 Å². The van der Waals surface area contributed by atoms with Crippen LogP contribution in [-0.4, -0.2) is 50.8 Å². The van der Waals surface area contributed by atoms with Gasteiger partial charge in [0.25, 0.3) is 16.2 Å². The van der Waals surface area contributed by atoms with E-state index in [1.54, 1.807) is 0 Å². The lowest BCUT2D eigenvalue weighted by molar-refractivity contribution is -0.136. The van der Waals surface area contributed by atoms with Crippen LogP contribution in [0.4, 0.5) is 9.57 Å². The molecule has 2 atom stereocenters. The number of carbonyl (C=O) groups excluding carboxylic acids is 3. The molecule has 10 heteroatoms. The molecule has 8 nitrogen and oxygen atoms in total. The maximum absolute atomic E-state index is 14.5. The minimum absolute atomic E-state index is 0.00842. The van der Waals surface area contributed by atoms with Crippen LogP contribution < -0.4 is 5.32 Å². The van der Waals surface area contributed by atoms with Gasteiger partial charge in [0.2, 0.25) is 11.8 Å². The number of halogens is 1. The van der Waals surface area contributed by atoms with Gasteiger partial charge in [0.1, 0.15) is 6.04 Å². The summed E-state index contributed by atoms with van der Waals surface area (Å²) in [4.78, 5) is 37.4. The molecule has 1 N–H and O–H groups in total. The summed E-state index contributed by atoms with van der Waals surface area (Å²) in [7, 11) is -3.02. The van der Waals surface area contributed by atoms with Gasteiger partial charge in [0.15, 0.2) is 0 Å². The van der Waals surface area contributed by atoms with Crippen molar-refractivity contribution < 1.29 is 22.5 Å². The summed E-state index contributed by atoms with van der Waals surface area (Å²) < 4.78 is 31.2. The molecule has 1 saturated heterocycles. The number of hydrogen-bond donors (Lipinski definition) is 1. The molecule has 1 aromatic carbocycles. The minimum atomic E-state index is -4.26. The predicted molar refractivity (Wildman–Crippen MR) is 95.3 cm³/mol. The summed E-state index contributed by atoms with van der Waals surface area (Å²) in [5.74, 6) is 0.840. The molecule has 0 bridgehead atoms. The molecule has 2 aliphatic rings. The summed E-state index contributed by atoms with van der Waals surface area (Å²) in [5.41, 5.74) is 0.703. The van der Waals surface area contributed by atoms with E-state index in [0.717, 1.165) is 4.31 Å². The van der Waals surface area contributed by atoms with Gasteiger partial charge in [0, 0.05) is 31.1 Å². The lowest BCUT2D eigenvalue weighted by atomic mass is 10.0. The number of carbonyl (C=O) groups is 3. The van der Waals surface area contributed by atoms with Crippen LogP contribution in [0.1, 0.15) is 28.8 Å². The highest BCUT2D eigenvalue weighted by Gasteiger charge is 2.40. The van der Waals surface area contributed by atoms with Crippen LogP contribution in [0.3, 0.4) is 0 Å². The molecule has 2 unspecified atom stereocenters. The van der Waals surface area contributed by atoms with Crippen molar-refractivity contribution in [3.8, 4) is 12.3 Å². The van der Waals surface area contributed by atoms with Gasteiger partial charge in [0.05, 0.1) is 12.2 Å². The van der Waals surface area contributed by atoms with Crippen molar-refractivity contribution >= 4 is 33.7 Å². The van der Waals surface area contributed by atoms with E-state index in [0.29, 0.717) is 5.56 Å². The summed E-state index contributed by atoms with van der Waals surface area (Å²) in [6.45, 7) is -0.191. The average molecular weight is 392 g/mol. The van der Waals surface area contributed by atoms with E-state index in [9.17, 15) is 22.5 Å². The molecule has 142 valence electrons. The van der Waals surface area contributed by atoms with Crippen molar-refractivity contribution in [2.45, 2.75) is 25.4 Å². The highest BCUT2D eigenvalue weighted by atomic mass is 32.3. The van der Waals surface area contributed by atoms with E-state index in [-0.39, 0.29) is 43.1 Å². The lowest BCUT2D eigenvalue weighted by Crippen LogP contribution is -2.52. The molecule has 0 radical (unpaired) electrons. The fraction of sp³-hybridized carbons (Fsp3) is 0.353. The molecule has 0 saturated carbocycles. The zero-order chi connectivity index (χ0) is 19.8. The van der Waals surface area contributed by atoms with Crippen molar-refractivity contribution in [2.24, 2.45) is 4.36 Å². The standard InChI is InChI=1S/C17H17FN4O4S/c1-3-9-21(2)27(18,26)20-13-6-4-5-11-12(13)10-22(17(11)25)14-7-8-15(23)19-16(14)24/h1,4-6,14H,7-10H2,2H3,(H,19,23,24). The third-order valence-corrected chi connectivity index (χ3v) is 5.79. The summed E-state index contributed by atoms with van der Waals surface area (Å²) in [6.07, 6.45) is 5.45. The molecule has 2 aliphatic heterocycles. The van der Waals surface area contributed by atoms with Crippen LogP contribution >= 0.6 is 0 Å². The third-order valence-electron chi connectivity index (χ3n) is 4.47. The summed E-state index contributed by atoms with van der Waals surface area (Å²) in [6, 6.07) is 3.69. The number of hydrogen-bond acceptors (Lipinski definition) is 5. The van der Waals surface area contributed by atoms with Crippen LogP contribution in [0.25, 0.3) is 0 Å². The number of terminal acetylenes is 1. The van der Waals surface area contributed by atoms with Crippen molar-refractivity contribution in [2.75, 3.05) is 13.6 Å². The number of nitrogens with zero attached hydrogens (tertiary/aromatic N) is 3. The van der Waals surface area contributed by atoms with E-state index in [4.69, 9.17) is 6.42 Å². The topological polar surface area (TPSA) is 99.2 Å². The quantitative estimate of drug-likeness (QED) is 0.468. The molecular formula is C17H17FN4O4S. The van der Waals surface area contributed by atoms with Crippen LogP contribution in [0, 0.1) is 12.3 Å². The molecule has 0 spiro atoms. The normalized spacial score (nSPS) is 21.5. The highest BCUT2D eigenvalue weighted by Crippen LogP contribution is 2.34. The Morgan fingerprint density at radius 1 is 1.44 bits per heavy atom. The maximum Gasteiger partial charge on any atom is 0.276 e.